The summed E-state index contributed by atoms with van der Waals surface area (Å²) in [5.41, 5.74) is -0.891. The van der Waals surface area contributed by atoms with Crippen LogP contribution in [0.4, 0.5) is 13.2 Å². The smallest absolute Gasteiger partial charge is 0.387 e. The van der Waals surface area contributed by atoms with Gasteiger partial charge >= 0.3 is 6.18 Å². The van der Waals surface area contributed by atoms with Crippen LogP contribution < -0.4 is 0 Å². The van der Waals surface area contributed by atoms with Crippen LogP contribution in [0.2, 0.25) is 0 Å². The van der Waals surface area contributed by atoms with E-state index in [1.807, 2.05) is 0 Å². The molecule has 112 valence electrons. The first kappa shape index (κ1) is 15.3. The molecule has 2 unspecified atom stereocenters. The maximum absolute atomic E-state index is 12.6. The van der Waals surface area contributed by atoms with Crippen molar-refractivity contribution >= 4 is 9.84 Å². The van der Waals surface area contributed by atoms with Crippen molar-refractivity contribution in [2.75, 3.05) is 5.75 Å². The van der Waals surface area contributed by atoms with Crippen LogP contribution in [0.3, 0.4) is 0 Å². The number of halogens is 3. The quantitative estimate of drug-likeness (QED) is 0.914. The van der Waals surface area contributed by atoms with Gasteiger partial charge in [0, 0.05) is 0 Å². The molecule has 2 rings (SSSR count). The van der Waals surface area contributed by atoms with Crippen LogP contribution in [-0.4, -0.2) is 24.5 Å². The number of aliphatic hydroxyl groups excluding tert-OH is 1. The number of hydrogen-bond donors (Lipinski definition) is 1. The van der Waals surface area contributed by atoms with Crippen LogP contribution in [0.15, 0.2) is 24.3 Å². The van der Waals surface area contributed by atoms with Crippen LogP contribution >= 0.6 is 0 Å². The minimum absolute atomic E-state index is 0.00435. The highest BCUT2D eigenvalue weighted by Crippen LogP contribution is 2.34. The molecule has 3 nitrogen and oxygen atoms in total. The first-order chi connectivity index (χ1) is 9.22. The molecule has 1 heterocycles. The third-order valence-electron chi connectivity index (χ3n) is 3.54. The summed E-state index contributed by atoms with van der Waals surface area (Å²) in [7, 11) is -3.45. The van der Waals surface area contributed by atoms with Crippen molar-refractivity contribution in [2.45, 2.75) is 36.8 Å². The second kappa shape index (κ2) is 5.37. The highest BCUT2D eigenvalue weighted by molar-refractivity contribution is 7.92. The number of alkyl halides is 3. The van der Waals surface area contributed by atoms with Crippen molar-refractivity contribution in [3.8, 4) is 0 Å². The van der Waals surface area contributed by atoms with Crippen LogP contribution in [0.25, 0.3) is 0 Å². The van der Waals surface area contributed by atoms with Crippen molar-refractivity contribution in [1.29, 1.82) is 0 Å². The molecule has 0 saturated carbocycles. The van der Waals surface area contributed by atoms with Crippen LogP contribution in [0.1, 0.15) is 36.5 Å². The second-order valence-electron chi connectivity index (χ2n) is 4.97. The summed E-state index contributed by atoms with van der Waals surface area (Å²) in [6, 6.07) is 4.21. The maximum atomic E-state index is 12.6. The zero-order valence-corrected chi connectivity index (χ0v) is 11.4. The molecule has 1 aliphatic rings. The van der Waals surface area contributed by atoms with Gasteiger partial charge in [0.15, 0.2) is 9.84 Å². The molecule has 0 aromatic heterocycles. The summed E-state index contributed by atoms with van der Waals surface area (Å²) >= 11 is 0. The summed E-state index contributed by atoms with van der Waals surface area (Å²) in [5.74, 6) is -0.0202. The zero-order chi connectivity index (χ0) is 15.0. The lowest BCUT2D eigenvalue weighted by atomic mass is 10.00. The Morgan fingerprint density at radius 2 is 1.95 bits per heavy atom. The molecule has 1 saturated heterocycles. The Balaban J connectivity index is 2.31. The van der Waals surface area contributed by atoms with Gasteiger partial charge in [0.25, 0.3) is 0 Å². The molecule has 0 aliphatic carbocycles. The predicted octanol–water partition coefficient (Wildman–Crippen LogP) is 2.71. The Morgan fingerprint density at radius 1 is 1.25 bits per heavy atom. The third-order valence-corrected chi connectivity index (χ3v) is 5.81. The van der Waals surface area contributed by atoms with Gasteiger partial charge in [-0.15, -0.1) is 0 Å². The normalized spacial score (nSPS) is 24.3. The van der Waals surface area contributed by atoms with Crippen molar-refractivity contribution in [2.24, 2.45) is 0 Å². The van der Waals surface area contributed by atoms with Gasteiger partial charge in [0.1, 0.15) is 0 Å². The van der Waals surface area contributed by atoms with Crippen LogP contribution in [0, 0.1) is 0 Å². The predicted molar refractivity (Wildman–Crippen MR) is 67.8 cm³/mol. The van der Waals surface area contributed by atoms with E-state index in [1.165, 1.54) is 12.1 Å². The summed E-state index contributed by atoms with van der Waals surface area (Å²) in [4.78, 5) is 0. The van der Waals surface area contributed by atoms with Gasteiger partial charge in [-0.3, -0.25) is 0 Å². The van der Waals surface area contributed by atoms with Crippen molar-refractivity contribution in [3.63, 3.8) is 0 Å². The number of aliphatic hydroxyl groups is 1. The van der Waals surface area contributed by atoms with Gasteiger partial charge in [-0.2, -0.15) is 13.2 Å². The molecule has 0 spiro atoms. The van der Waals surface area contributed by atoms with Gasteiger partial charge in [-0.25, -0.2) is 8.42 Å². The molecule has 2 atom stereocenters. The number of benzene rings is 1. The summed E-state index contributed by atoms with van der Waals surface area (Å²) in [5, 5.41) is 9.11. The van der Waals surface area contributed by atoms with Crippen LogP contribution in [-0.2, 0) is 16.0 Å². The van der Waals surface area contributed by atoms with E-state index in [0.717, 1.165) is 12.1 Å². The fraction of sp³-hybridized carbons (Fsp3) is 0.538. The van der Waals surface area contributed by atoms with Gasteiger partial charge in [-0.05, 0) is 30.5 Å². The number of sulfone groups is 1. The van der Waals surface area contributed by atoms with E-state index in [0.29, 0.717) is 12.8 Å². The Morgan fingerprint density at radius 3 is 2.55 bits per heavy atom. The fourth-order valence-corrected chi connectivity index (χ4v) is 4.43. The van der Waals surface area contributed by atoms with Gasteiger partial charge < -0.3 is 5.11 Å². The molecule has 7 heteroatoms. The molecule has 20 heavy (non-hydrogen) atoms. The molecule has 1 aromatic carbocycles. The topological polar surface area (TPSA) is 54.4 Å². The molecular formula is C13H15F3O3S. The summed E-state index contributed by atoms with van der Waals surface area (Å²) in [6.45, 7) is 0. The van der Waals surface area contributed by atoms with E-state index in [2.05, 4.69) is 0 Å². The molecule has 1 fully saturated rings. The van der Waals surface area contributed by atoms with E-state index in [4.69, 9.17) is 0 Å². The van der Waals surface area contributed by atoms with E-state index in [1.54, 1.807) is 0 Å². The molecule has 1 N–H and O–H groups in total. The SMILES string of the molecule is O=S1(=O)CCCCC1C(O)c1cccc(C(F)(F)F)c1. The minimum atomic E-state index is -4.51. The van der Waals surface area contributed by atoms with Gasteiger partial charge in [0.05, 0.1) is 22.7 Å². The van der Waals surface area contributed by atoms with E-state index < -0.39 is 32.9 Å². The highest BCUT2D eigenvalue weighted by atomic mass is 32.2. The molecular weight excluding hydrogens is 293 g/mol. The monoisotopic (exact) mass is 308 g/mol. The van der Waals surface area contributed by atoms with Gasteiger partial charge in [-0.1, -0.05) is 18.6 Å². The first-order valence-electron chi connectivity index (χ1n) is 6.28. The molecule has 1 aliphatic heterocycles. The van der Waals surface area contributed by atoms with Crippen LogP contribution in [0.5, 0.6) is 0 Å². The Kier molecular flexibility index (Phi) is 4.11. The number of hydrogen-bond acceptors (Lipinski definition) is 3. The summed E-state index contributed by atoms with van der Waals surface area (Å²) < 4.78 is 61.7. The lowest BCUT2D eigenvalue weighted by Gasteiger charge is -2.27. The molecule has 0 amide bonds. The zero-order valence-electron chi connectivity index (χ0n) is 10.6. The van der Waals surface area contributed by atoms with E-state index in [9.17, 15) is 26.7 Å². The minimum Gasteiger partial charge on any atom is -0.387 e. The maximum Gasteiger partial charge on any atom is 0.416 e. The van der Waals surface area contributed by atoms with Crippen molar-refractivity contribution in [3.05, 3.63) is 35.4 Å². The molecule has 1 aromatic rings. The van der Waals surface area contributed by atoms with E-state index in [-0.39, 0.29) is 17.7 Å². The Hall–Kier alpha value is -1.08. The Labute approximate surface area is 115 Å². The average molecular weight is 308 g/mol. The van der Waals surface area contributed by atoms with Crippen molar-refractivity contribution < 1.29 is 26.7 Å². The number of rotatable bonds is 2. The standard InChI is InChI=1S/C13H15F3O3S/c14-13(15,16)10-5-3-4-9(8-10)12(17)11-6-1-2-7-20(11,18)19/h3-5,8,11-12,17H,1-2,6-7H2. The van der Waals surface area contributed by atoms with Gasteiger partial charge in [0.2, 0.25) is 0 Å². The lowest BCUT2D eigenvalue weighted by molar-refractivity contribution is -0.137. The third kappa shape index (κ3) is 3.15. The Bertz CT molecular complexity index is 581. The first-order valence-corrected chi connectivity index (χ1v) is 8.00. The highest BCUT2D eigenvalue weighted by Gasteiger charge is 2.37. The largest absolute Gasteiger partial charge is 0.416 e. The average Bonchev–Trinajstić information content (AvgIpc) is 2.37. The fourth-order valence-electron chi connectivity index (χ4n) is 2.45. The van der Waals surface area contributed by atoms with E-state index >= 15 is 0 Å². The summed E-state index contributed by atoms with van der Waals surface area (Å²) in [6.07, 6.45) is -4.46. The second-order valence-corrected chi connectivity index (χ2v) is 7.31. The molecule has 0 bridgehead atoms. The molecule has 0 radical (unpaired) electrons. The lowest BCUT2D eigenvalue weighted by Crippen LogP contribution is -2.33. The van der Waals surface area contributed by atoms with Crippen molar-refractivity contribution in [1.82, 2.24) is 0 Å².